The highest BCUT2D eigenvalue weighted by Gasteiger charge is 2.21. The molecule has 0 radical (unpaired) electrons. The molecule has 3 N–H and O–H groups in total. The standard InChI is InChI=1S/C15H10N2O6S/c16-8-9-2-1-3-10(6-9)17-24(22,23)11-4-5-12(14(18)19)13(7-11)15(20)21/h1-7,17H,(H,18,19)(H,20,21). The van der Waals surface area contributed by atoms with Crippen LogP contribution in [0, 0.1) is 11.3 Å². The van der Waals surface area contributed by atoms with E-state index in [0.717, 1.165) is 18.2 Å². The largest absolute Gasteiger partial charge is 0.478 e. The molecular weight excluding hydrogens is 336 g/mol. The first-order valence-electron chi connectivity index (χ1n) is 6.38. The van der Waals surface area contributed by atoms with E-state index in [1.165, 1.54) is 24.3 Å². The molecular formula is C15H10N2O6S. The van der Waals surface area contributed by atoms with Gasteiger partial charge in [0.15, 0.2) is 0 Å². The summed E-state index contributed by atoms with van der Waals surface area (Å²) in [5.74, 6) is -3.04. The van der Waals surface area contributed by atoms with Crippen LogP contribution in [0.2, 0.25) is 0 Å². The summed E-state index contributed by atoms with van der Waals surface area (Å²) in [5.41, 5.74) is -0.806. The molecule has 0 saturated carbocycles. The van der Waals surface area contributed by atoms with E-state index in [4.69, 9.17) is 15.5 Å². The maximum atomic E-state index is 12.3. The van der Waals surface area contributed by atoms with Gasteiger partial charge in [-0.05, 0) is 36.4 Å². The molecule has 2 rings (SSSR count). The van der Waals surface area contributed by atoms with Gasteiger partial charge in [-0.3, -0.25) is 4.72 Å². The number of nitrogens with one attached hydrogen (secondary N) is 1. The zero-order chi connectivity index (χ0) is 17.9. The Bertz CT molecular complexity index is 976. The molecule has 0 atom stereocenters. The van der Waals surface area contributed by atoms with Gasteiger partial charge in [0, 0.05) is 0 Å². The molecule has 0 aliphatic heterocycles. The van der Waals surface area contributed by atoms with E-state index < -0.39 is 38.0 Å². The minimum atomic E-state index is -4.15. The van der Waals surface area contributed by atoms with Crippen LogP contribution in [-0.4, -0.2) is 30.6 Å². The molecule has 0 fully saturated rings. The minimum Gasteiger partial charge on any atom is -0.478 e. The smallest absolute Gasteiger partial charge is 0.336 e. The van der Waals surface area contributed by atoms with Gasteiger partial charge in [0.05, 0.1) is 33.3 Å². The molecule has 2 aromatic carbocycles. The molecule has 0 saturated heterocycles. The highest BCUT2D eigenvalue weighted by Crippen LogP contribution is 2.20. The number of benzene rings is 2. The molecule has 0 aromatic heterocycles. The molecule has 0 heterocycles. The number of sulfonamides is 1. The van der Waals surface area contributed by atoms with Crippen molar-refractivity contribution < 1.29 is 28.2 Å². The number of hydrogen-bond acceptors (Lipinski definition) is 5. The maximum absolute atomic E-state index is 12.3. The van der Waals surface area contributed by atoms with E-state index in [1.54, 1.807) is 0 Å². The summed E-state index contributed by atoms with van der Waals surface area (Å²) >= 11 is 0. The van der Waals surface area contributed by atoms with Crippen LogP contribution >= 0.6 is 0 Å². The van der Waals surface area contributed by atoms with Crippen LogP contribution in [0.25, 0.3) is 0 Å². The summed E-state index contributed by atoms with van der Waals surface area (Å²) in [7, 11) is -4.15. The lowest BCUT2D eigenvalue weighted by molar-refractivity contribution is 0.0651. The van der Waals surface area contributed by atoms with Crippen molar-refractivity contribution >= 4 is 27.6 Å². The van der Waals surface area contributed by atoms with Crippen molar-refractivity contribution in [1.29, 1.82) is 5.26 Å². The topological polar surface area (TPSA) is 145 Å². The lowest BCUT2D eigenvalue weighted by atomic mass is 10.1. The van der Waals surface area contributed by atoms with Gasteiger partial charge in [0.1, 0.15) is 0 Å². The van der Waals surface area contributed by atoms with Gasteiger partial charge >= 0.3 is 11.9 Å². The van der Waals surface area contributed by atoms with E-state index in [9.17, 15) is 18.0 Å². The third kappa shape index (κ3) is 3.50. The van der Waals surface area contributed by atoms with Crippen LogP contribution in [0.1, 0.15) is 26.3 Å². The third-order valence-electron chi connectivity index (χ3n) is 3.01. The quantitative estimate of drug-likeness (QED) is 0.748. The third-order valence-corrected chi connectivity index (χ3v) is 4.39. The Balaban J connectivity index is 2.46. The van der Waals surface area contributed by atoms with Gasteiger partial charge in [-0.25, -0.2) is 18.0 Å². The van der Waals surface area contributed by atoms with Gasteiger partial charge in [-0.2, -0.15) is 5.26 Å². The number of carbonyl (C=O) groups is 2. The zero-order valence-corrected chi connectivity index (χ0v) is 12.7. The number of anilines is 1. The van der Waals surface area contributed by atoms with Crippen LogP contribution in [0.3, 0.4) is 0 Å². The summed E-state index contributed by atoms with van der Waals surface area (Å²) < 4.78 is 26.9. The molecule has 122 valence electrons. The Morgan fingerprint density at radius 3 is 2.25 bits per heavy atom. The van der Waals surface area contributed by atoms with Crippen molar-refractivity contribution in [3.05, 3.63) is 59.2 Å². The Morgan fingerprint density at radius 2 is 1.67 bits per heavy atom. The van der Waals surface area contributed by atoms with E-state index in [-0.39, 0.29) is 11.3 Å². The number of rotatable bonds is 5. The normalized spacial score (nSPS) is 10.6. The number of carboxylic acid groups (broad SMARTS) is 2. The van der Waals surface area contributed by atoms with Crippen LogP contribution in [0.4, 0.5) is 5.69 Å². The van der Waals surface area contributed by atoms with E-state index in [2.05, 4.69) is 4.72 Å². The maximum Gasteiger partial charge on any atom is 0.336 e. The molecule has 24 heavy (non-hydrogen) atoms. The average Bonchev–Trinajstić information content (AvgIpc) is 2.53. The van der Waals surface area contributed by atoms with Crippen molar-refractivity contribution in [2.45, 2.75) is 4.90 Å². The van der Waals surface area contributed by atoms with E-state index in [1.807, 2.05) is 6.07 Å². The first-order valence-corrected chi connectivity index (χ1v) is 7.86. The summed E-state index contributed by atoms with van der Waals surface area (Å²) in [6.45, 7) is 0. The first-order chi connectivity index (χ1) is 11.2. The second-order valence-corrected chi connectivity index (χ2v) is 6.30. The van der Waals surface area contributed by atoms with E-state index in [0.29, 0.717) is 0 Å². The molecule has 8 nitrogen and oxygen atoms in total. The zero-order valence-electron chi connectivity index (χ0n) is 11.9. The molecule has 0 spiro atoms. The molecule has 0 aliphatic rings. The van der Waals surface area contributed by atoms with Crippen LogP contribution < -0.4 is 4.72 Å². The van der Waals surface area contributed by atoms with Gasteiger partial charge in [0.2, 0.25) is 0 Å². The Labute approximate surface area is 136 Å². The van der Waals surface area contributed by atoms with E-state index >= 15 is 0 Å². The molecule has 0 bridgehead atoms. The van der Waals surface area contributed by atoms with Gasteiger partial charge < -0.3 is 10.2 Å². The second-order valence-electron chi connectivity index (χ2n) is 4.62. The summed E-state index contributed by atoms with van der Waals surface area (Å²) in [4.78, 5) is 21.7. The minimum absolute atomic E-state index is 0.119. The molecule has 0 aliphatic carbocycles. The van der Waals surface area contributed by atoms with Crippen LogP contribution in [-0.2, 0) is 10.0 Å². The lowest BCUT2D eigenvalue weighted by Crippen LogP contribution is -2.15. The number of hydrogen-bond donors (Lipinski definition) is 3. The van der Waals surface area contributed by atoms with Crippen molar-refractivity contribution in [2.75, 3.05) is 4.72 Å². The Kier molecular flexibility index (Phi) is 4.52. The van der Waals surface area contributed by atoms with Crippen LogP contribution in [0.15, 0.2) is 47.4 Å². The number of nitrogens with zero attached hydrogens (tertiary/aromatic N) is 1. The van der Waals surface area contributed by atoms with Gasteiger partial charge in [0.25, 0.3) is 10.0 Å². The second kappa shape index (κ2) is 6.39. The van der Waals surface area contributed by atoms with Crippen molar-refractivity contribution in [2.24, 2.45) is 0 Å². The highest BCUT2D eigenvalue weighted by atomic mass is 32.2. The summed E-state index contributed by atoms with van der Waals surface area (Å²) in [6, 6.07) is 10.2. The monoisotopic (exact) mass is 346 g/mol. The molecule has 9 heteroatoms. The van der Waals surface area contributed by atoms with Gasteiger partial charge in [-0.15, -0.1) is 0 Å². The fraction of sp³-hybridized carbons (Fsp3) is 0. The SMILES string of the molecule is N#Cc1cccc(NS(=O)(=O)c2ccc(C(=O)O)c(C(=O)O)c2)c1. The first kappa shape index (κ1) is 17.0. The number of carboxylic acids is 2. The summed E-state index contributed by atoms with van der Waals surface area (Å²) in [5, 5.41) is 26.8. The van der Waals surface area contributed by atoms with Gasteiger partial charge in [-0.1, -0.05) is 6.07 Å². The number of nitriles is 1. The Morgan fingerprint density at radius 1 is 1.00 bits per heavy atom. The lowest BCUT2D eigenvalue weighted by Gasteiger charge is -2.10. The predicted octanol–water partition coefficient (Wildman–Crippen LogP) is 1.76. The number of aromatic carboxylic acids is 2. The van der Waals surface area contributed by atoms with Crippen molar-refractivity contribution in [3.8, 4) is 6.07 Å². The average molecular weight is 346 g/mol. The Hall–Kier alpha value is -3.38. The fourth-order valence-electron chi connectivity index (χ4n) is 1.92. The predicted molar refractivity (Wildman–Crippen MR) is 82.3 cm³/mol. The molecule has 0 unspecified atom stereocenters. The van der Waals surface area contributed by atoms with Crippen molar-refractivity contribution in [3.63, 3.8) is 0 Å². The van der Waals surface area contributed by atoms with Crippen molar-refractivity contribution in [1.82, 2.24) is 0 Å². The molecule has 2 aromatic rings. The highest BCUT2D eigenvalue weighted by molar-refractivity contribution is 7.92. The van der Waals surface area contributed by atoms with Crippen LogP contribution in [0.5, 0.6) is 0 Å². The fourth-order valence-corrected chi connectivity index (χ4v) is 3.00. The molecule has 0 amide bonds. The summed E-state index contributed by atoms with van der Waals surface area (Å²) in [6.07, 6.45) is 0.